The number of amides is 2. The van der Waals surface area contributed by atoms with Gasteiger partial charge in [0.15, 0.2) is 11.3 Å². The molecule has 1 atom stereocenters. The van der Waals surface area contributed by atoms with Gasteiger partial charge in [-0.3, -0.25) is 9.48 Å². The normalized spacial score (nSPS) is 23.5. The lowest BCUT2D eigenvalue weighted by molar-refractivity contribution is -0.140. The standard InChI is InChI=1S/C15H15F3N4O3S/c1-20-6-14(25-13(20)24)3-4-22(7-14)11(23)9-5-8-10(15(16,17)18)19-21(2)12(8)26-9/h5H,3-4,6-7H2,1-2H3/t14-/m0/s1. The van der Waals surface area contributed by atoms with Crippen LogP contribution >= 0.6 is 11.3 Å². The Morgan fingerprint density at radius 2 is 2.08 bits per heavy atom. The SMILES string of the molecule is CN1C[C@]2(CCN(C(=O)c3cc4c(C(F)(F)F)nn(C)c4s3)C2)OC1=O. The van der Waals surface area contributed by atoms with Crippen molar-refractivity contribution in [3.63, 3.8) is 0 Å². The molecule has 140 valence electrons. The molecule has 2 aliphatic heterocycles. The first-order valence-corrected chi connectivity index (χ1v) is 8.68. The largest absolute Gasteiger partial charge is 0.439 e. The van der Waals surface area contributed by atoms with Gasteiger partial charge in [-0.15, -0.1) is 11.3 Å². The third-order valence-electron chi connectivity index (χ3n) is 4.74. The summed E-state index contributed by atoms with van der Waals surface area (Å²) < 4.78 is 45.8. The molecule has 2 amide bonds. The molecule has 2 aromatic heterocycles. The number of nitrogens with zero attached hydrogens (tertiary/aromatic N) is 4. The summed E-state index contributed by atoms with van der Waals surface area (Å²) >= 11 is 0.979. The lowest BCUT2D eigenvalue weighted by Crippen LogP contribution is -2.38. The zero-order valence-electron chi connectivity index (χ0n) is 14.0. The van der Waals surface area contributed by atoms with E-state index >= 15 is 0 Å². The number of hydrogen-bond acceptors (Lipinski definition) is 5. The zero-order chi connectivity index (χ0) is 18.9. The molecule has 0 unspecified atom stereocenters. The van der Waals surface area contributed by atoms with Crippen molar-refractivity contribution in [1.82, 2.24) is 19.6 Å². The first-order valence-electron chi connectivity index (χ1n) is 7.87. The highest BCUT2D eigenvalue weighted by atomic mass is 32.1. The summed E-state index contributed by atoms with van der Waals surface area (Å²) in [4.78, 5) is 27.9. The maximum absolute atomic E-state index is 13.1. The second-order valence-corrected chi connectivity index (χ2v) is 7.71. The van der Waals surface area contributed by atoms with E-state index in [9.17, 15) is 22.8 Å². The van der Waals surface area contributed by atoms with Crippen LogP contribution in [0.1, 0.15) is 21.8 Å². The molecule has 0 aliphatic carbocycles. The number of aromatic nitrogens is 2. The monoisotopic (exact) mass is 388 g/mol. The average Bonchev–Trinajstić information content (AvgIpc) is 3.26. The number of alkyl halides is 3. The summed E-state index contributed by atoms with van der Waals surface area (Å²) in [6.45, 7) is 1.02. The first kappa shape index (κ1) is 17.1. The molecule has 1 spiro atoms. The fraction of sp³-hybridized carbons (Fsp3) is 0.533. The van der Waals surface area contributed by atoms with E-state index in [4.69, 9.17) is 4.74 Å². The molecule has 4 heterocycles. The van der Waals surface area contributed by atoms with Gasteiger partial charge in [0.05, 0.1) is 18.0 Å². The van der Waals surface area contributed by atoms with E-state index in [2.05, 4.69) is 5.10 Å². The van der Waals surface area contributed by atoms with Gasteiger partial charge in [0.2, 0.25) is 0 Å². The van der Waals surface area contributed by atoms with Gasteiger partial charge in [0.1, 0.15) is 4.83 Å². The Balaban J connectivity index is 1.61. The minimum Gasteiger partial charge on any atom is -0.439 e. The van der Waals surface area contributed by atoms with Crippen molar-refractivity contribution in [3.05, 3.63) is 16.6 Å². The van der Waals surface area contributed by atoms with Crippen molar-refractivity contribution in [1.29, 1.82) is 0 Å². The van der Waals surface area contributed by atoms with Crippen LogP contribution in [0.15, 0.2) is 6.07 Å². The van der Waals surface area contributed by atoms with Crippen LogP contribution in [0.25, 0.3) is 10.2 Å². The summed E-state index contributed by atoms with van der Waals surface area (Å²) in [5, 5.41) is 3.43. The van der Waals surface area contributed by atoms with E-state index < -0.39 is 23.6 Å². The molecular weight excluding hydrogens is 373 g/mol. The van der Waals surface area contributed by atoms with Crippen LogP contribution in [-0.2, 0) is 18.0 Å². The van der Waals surface area contributed by atoms with Gasteiger partial charge in [0, 0.05) is 32.4 Å². The van der Waals surface area contributed by atoms with Crippen molar-refractivity contribution in [2.24, 2.45) is 7.05 Å². The molecule has 0 bridgehead atoms. The minimum absolute atomic E-state index is 0.0747. The lowest BCUT2D eigenvalue weighted by atomic mass is 10.0. The van der Waals surface area contributed by atoms with Crippen molar-refractivity contribution >= 4 is 33.6 Å². The molecule has 2 saturated heterocycles. The molecule has 2 aliphatic rings. The van der Waals surface area contributed by atoms with Gasteiger partial charge in [-0.25, -0.2) is 4.79 Å². The van der Waals surface area contributed by atoms with Gasteiger partial charge in [0.25, 0.3) is 5.91 Å². The Kier molecular flexibility index (Phi) is 3.52. The molecule has 0 N–H and O–H groups in total. The first-order chi connectivity index (χ1) is 12.1. The zero-order valence-corrected chi connectivity index (χ0v) is 14.8. The number of aryl methyl sites for hydroxylation is 1. The van der Waals surface area contributed by atoms with Gasteiger partial charge in [-0.2, -0.15) is 18.3 Å². The molecule has 11 heteroatoms. The van der Waals surface area contributed by atoms with E-state index in [1.165, 1.54) is 22.9 Å². The molecule has 0 saturated carbocycles. The highest BCUT2D eigenvalue weighted by molar-refractivity contribution is 7.20. The lowest BCUT2D eigenvalue weighted by Gasteiger charge is -2.21. The van der Waals surface area contributed by atoms with Crippen LogP contribution in [-0.4, -0.2) is 63.9 Å². The summed E-state index contributed by atoms with van der Waals surface area (Å²) in [6, 6.07) is 1.25. The molecule has 4 rings (SSSR count). The van der Waals surface area contributed by atoms with Gasteiger partial charge < -0.3 is 14.5 Å². The van der Waals surface area contributed by atoms with Crippen molar-refractivity contribution in [3.8, 4) is 0 Å². The maximum Gasteiger partial charge on any atom is 0.435 e. The third kappa shape index (κ3) is 2.52. The van der Waals surface area contributed by atoms with Crippen LogP contribution < -0.4 is 0 Å². The molecule has 0 aromatic carbocycles. The third-order valence-corrected chi connectivity index (χ3v) is 5.93. The van der Waals surface area contributed by atoms with Crippen LogP contribution in [0.2, 0.25) is 0 Å². The Hall–Kier alpha value is -2.30. The predicted octanol–water partition coefficient (Wildman–Crippen LogP) is 2.32. The van der Waals surface area contributed by atoms with Crippen molar-refractivity contribution in [2.45, 2.75) is 18.2 Å². The molecule has 2 fully saturated rings. The summed E-state index contributed by atoms with van der Waals surface area (Å²) in [5.41, 5.74) is -1.72. The summed E-state index contributed by atoms with van der Waals surface area (Å²) in [7, 11) is 3.04. The molecule has 7 nitrogen and oxygen atoms in total. The Labute approximate surface area is 149 Å². The number of fused-ring (bicyclic) bond motifs is 1. The number of likely N-dealkylation sites (N-methyl/N-ethyl adjacent to an activating group) is 1. The average molecular weight is 388 g/mol. The number of halogens is 3. The van der Waals surface area contributed by atoms with Gasteiger partial charge in [-0.05, 0) is 6.07 Å². The van der Waals surface area contributed by atoms with Crippen LogP contribution in [0, 0.1) is 0 Å². The number of rotatable bonds is 1. The van der Waals surface area contributed by atoms with Gasteiger partial charge >= 0.3 is 12.3 Å². The highest BCUT2D eigenvalue weighted by Gasteiger charge is 2.50. The topological polar surface area (TPSA) is 67.7 Å². The van der Waals surface area contributed by atoms with Crippen molar-refractivity contribution < 1.29 is 27.5 Å². The Bertz CT molecular complexity index is 921. The van der Waals surface area contributed by atoms with Crippen LogP contribution in [0.4, 0.5) is 18.0 Å². The van der Waals surface area contributed by atoms with E-state index in [1.807, 2.05) is 0 Å². The van der Waals surface area contributed by atoms with E-state index in [0.29, 0.717) is 24.3 Å². The molecule has 0 radical (unpaired) electrons. The number of thiophene rings is 1. The number of likely N-dealkylation sites (tertiary alicyclic amines) is 1. The van der Waals surface area contributed by atoms with Crippen LogP contribution in [0.3, 0.4) is 0 Å². The predicted molar refractivity (Wildman–Crippen MR) is 86.0 cm³/mol. The smallest absolute Gasteiger partial charge is 0.435 e. The summed E-state index contributed by atoms with van der Waals surface area (Å²) in [5.74, 6) is -0.359. The number of hydrogen-bond donors (Lipinski definition) is 0. The Morgan fingerprint density at radius 1 is 1.35 bits per heavy atom. The van der Waals surface area contributed by atoms with E-state index in [-0.39, 0.29) is 22.7 Å². The number of ether oxygens (including phenoxy) is 1. The fourth-order valence-electron chi connectivity index (χ4n) is 3.53. The van der Waals surface area contributed by atoms with E-state index in [0.717, 1.165) is 16.0 Å². The van der Waals surface area contributed by atoms with Crippen LogP contribution in [0.5, 0.6) is 0 Å². The Morgan fingerprint density at radius 3 is 2.69 bits per heavy atom. The number of carbonyl (C=O) groups is 2. The fourth-order valence-corrected chi connectivity index (χ4v) is 4.57. The quantitative estimate of drug-likeness (QED) is 0.752. The molecule has 2 aromatic rings. The minimum atomic E-state index is -4.58. The van der Waals surface area contributed by atoms with Crippen molar-refractivity contribution in [2.75, 3.05) is 26.7 Å². The molecular formula is C15H15F3N4O3S. The highest BCUT2D eigenvalue weighted by Crippen LogP contribution is 2.38. The van der Waals surface area contributed by atoms with E-state index in [1.54, 1.807) is 7.05 Å². The molecule has 26 heavy (non-hydrogen) atoms. The second kappa shape index (κ2) is 5.35. The summed E-state index contributed by atoms with van der Waals surface area (Å²) in [6.07, 6.45) is -4.50. The number of carbonyl (C=O) groups excluding carboxylic acids is 2. The maximum atomic E-state index is 13.1. The second-order valence-electron chi connectivity index (χ2n) is 6.68. The van der Waals surface area contributed by atoms with Gasteiger partial charge in [-0.1, -0.05) is 0 Å².